The molecule has 1 nitrogen and oxygen atoms in total. The third-order valence-corrected chi connectivity index (χ3v) is 3.28. The Kier molecular flexibility index (Phi) is 4.92. The van der Waals surface area contributed by atoms with Crippen LogP contribution in [-0.4, -0.2) is 6.29 Å². The number of allylic oxidation sites excluding steroid dienone is 2. The highest BCUT2D eigenvalue weighted by molar-refractivity contribution is 5.75. The molecule has 1 aliphatic rings. The number of carbonyl (C=O) groups is 1. The molecule has 80 valence electrons. The van der Waals surface area contributed by atoms with Crippen LogP contribution >= 0.6 is 0 Å². The molecule has 0 saturated carbocycles. The first-order valence-electron chi connectivity index (χ1n) is 5.96. The lowest BCUT2D eigenvalue weighted by molar-refractivity contribution is -0.105. The predicted octanol–water partition coefficient (Wildman–Crippen LogP) is 3.88. The molecule has 0 bridgehead atoms. The Morgan fingerprint density at radius 3 is 2.86 bits per heavy atom. The van der Waals surface area contributed by atoms with Crippen LogP contribution in [0.1, 0.15) is 58.8 Å². The molecule has 1 unspecified atom stereocenters. The van der Waals surface area contributed by atoms with E-state index in [4.69, 9.17) is 0 Å². The topological polar surface area (TPSA) is 17.1 Å². The number of carbonyl (C=O) groups excluding carboxylic acids is 1. The van der Waals surface area contributed by atoms with Crippen molar-refractivity contribution in [2.45, 2.75) is 58.8 Å². The molecule has 0 amide bonds. The zero-order valence-electron chi connectivity index (χ0n) is 9.51. The standard InChI is InChI=1S/C13H22O/c1-3-4-5-9-13-11(2)7-6-8-12(13)10-14/h10-11H,3-9H2,1-2H3. The second kappa shape index (κ2) is 6.00. The highest BCUT2D eigenvalue weighted by atomic mass is 16.1. The summed E-state index contributed by atoms with van der Waals surface area (Å²) in [6.07, 6.45) is 9.56. The van der Waals surface area contributed by atoms with Gasteiger partial charge in [0.1, 0.15) is 6.29 Å². The minimum Gasteiger partial charge on any atom is -0.298 e. The lowest BCUT2D eigenvalue weighted by Gasteiger charge is -2.23. The molecule has 0 heterocycles. The summed E-state index contributed by atoms with van der Waals surface area (Å²) in [4.78, 5) is 10.9. The summed E-state index contributed by atoms with van der Waals surface area (Å²) in [5, 5.41) is 0. The molecule has 1 aliphatic carbocycles. The van der Waals surface area contributed by atoms with Crippen molar-refractivity contribution in [2.24, 2.45) is 5.92 Å². The van der Waals surface area contributed by atoms with Gasteiger partial charge in [-0.3, -0.25) is 4.79 Å². The first-order chi connectivity index (χ1) is 6.79. The Hall–Kier alpha value is -0.590. The van der Waals surface area contributed by atoms with Gasteiger partial charge >= 0.3 is 0 Å². The van der Waals surface area contributed by atoms with Crippen molar-refractivity contribution in [3.63, 3.8) is 0 Å². The molecule has 1 rings (SSSR count). The summed E-state index contributed by atoms with van der Waals surface area (Å²) < 4.78 is 0. The van der Waals surface area contributed by atoms with Crippen LogP contribution in [0.25, 0.3) is 0 Å². The van der Waals surface area contributed by atoms with Gasteiger partial charge < -0.3 is 0 Å². The minimum absolute atomic E-state index is 0.654. The third-order valence-electron chi connectivity index (χ3n) is 3.28. The number of unbranched alkanes of at least 4 members (excludes halogenated alkanes) is 2. The van der Waals surface area contributed by atoms with E-state index >= 15 is 0 Å². The molecule has 0 aliphatic heterocycles. The summed E-state index contributed by atoms with van der Waals surface area (Å²) in [5.41, 5.74) is 2.57. The Morgan fingerprint density at radius 1 is 1.43 bits per heavy atom. The molecule has 0 aromatic heterocycles. The van der Waals surface area contributed by atoms with Crippen LogP contribution in [0.2, 0.25) is 0 Å². The van der Waals surface area contributed by atoms with Gasteiger partial charge in [0.25, 0.3) is 0 Å². The van der Waals surface area contributed by atoms with E-state index in [0.29, 0.717) is 5.92 Å². The Balaban J connectivity index is 2.57. The molecular weight excluding hydrogens is 172 g/mol. The largest absolute Gasteiger partial charge is 0.298 e. The van der Waals surface area contributed by atoms with E-state index in [1.54, 1.807) is 0 Å². The van der Waals surface area contributed by atoms with Crippen LogP contribution in [-0.2, 0) is 4.79 Å². The van der Waals surface area contributed by atoms with E-state index in [0.717, 1.165) is 24.7 Å². The van der Waals surface area contributed by atoms with Gasteiger partial charge in [0.2, 0.25) is 0 Å². The maximum absolute atomic E-state index is 10.9. The molecule has 0 aromatic rings. The molecule has 1 atom stereocenters. The summed E-state index contributed by atoms with van der Waals surface area (Å²) in [7, 11) is 0. The van der Waals surface area contributed by atoms with Crippen molar-refractivity contribution in [2.75, 3.05) is 0 Å². The van der Waals surface area contributed by atoms with E-state index in [1.807, 2.05) is 0 Å². The highest BCUT2D eigenvalue weighted by Crippen LogP contribution is 2.32. The van der Waals surface area contributed by atoms with Crippen LogP contribution in [0.3, 0.4) is 0 Å². The van der Waals surface area contributed by atoms with Crippen molar-refractivity contribution < 1.29 is 4.79 Å². The normalized spacial score (nSPS) is 22.6. The summed E-state index contributed by atoms with van der Waals surface area (Å²) in [5.74, 6) is 0.654. The molecule has 1 heteroatoms. The molecule has 0 aromatic carbocycles. The van der Waals surface area contributed by atoms with E-state index < -0.39 is 0 Å². The van der Waals surface area contributed by atoms with Gasteiger partial charge in [-0.15, -0.1) is 0 Å². The molecule has 0 N–H and O–H groups in total. The number of aldehydes is 1. The van der Waals surface area contributed by atoms with E-state index in [1.165, 1.54) is 37.7 Å². The lowest BCUT2D eigenvalue weighted by atomic mass is 9.82. The van der Waals surface area contributed by atoms with Gasteiger partial charge in [-0.05, 0) is 43.6 Å². The Morgan fingerprint density at radius 2 is 2.21 bits per heavy atom. The van der Waals surface area contributed by atoms with Crippen molar-refractivity contribution >= 4 is 6.29 Å². The fourth-order valence-electron chi connectivity index (χ4n) is 2.36. The van der Waals surface area contributed by atoms with E-state index in [9.17, 15) is 4.79 Å². The number of hydrogen-bond donors (Lipinski definition) is 0. The van der Waals surface area contributed by atoms with Gasteiger partial charge in [-0.2, -0.15) is 0 Å². The average molecular weight is 194 g/mol. The summed E-state index contributed by atoms with van der Waals surface area (Å²) in [6, 6.07) is 0. The first-order valence-corrected chi connectivity index (χ1v) is 5.96. The fourth-order valence-corrected chi connectivity index (χ4v) is 2.36. The van der Waals surface area contributed by atoms with Crippen LogP contribution in [0, 0.1) is 5.92 Å². The van der Waals surface area contributed by atoms with E-state index in [-0.39, 0.29) is 0 Å². The van der Waals surface area contributed by atoms with Crippen LogP contribution < -0.4 is 0 Å². The van der Waals surface area contributed by atoms with Crippen LogP contribution in [0.5, 0.6) is 0 Å². The molecule has 14 heavy (non-hydrogen) atoms. The molecule has 0 radical (unpaired) electrons. The van der Waals surface area contributed by atoms with Gasteiger partial charge in [0.15, 0.2) is 0 Å². The quantitative estimate of drug-likeness (QED) is 0.479. The molecule has 0 fully saturated rings. The van der Waals surface area contributed by atoms with Crippen molar-refractivity contribution in [1.82, 2.24) is 0 Å². The SMILES string of the molecule is CCCCCC1=C(C=O)CCCC1C. The second-order valence-corrected chi connectivity index (χ2v) is 4.42. The van der Waals surface area contributed by atoms with Gasteiger partial charge in [-0.25, -0.2) is 0 Å². The summed E-state index contributed by atoms with van der Waals surface area (Å²) >= 11 is 0. The van der Waals surface area contributed by atoms with Crippen LogP contribution in [0.4, 0.5) is 0 Å². The first kappa shape index (κ1) is 11.5. The fraction of sp³-hybridized carbons (Fsp3) is 0.769. The lowest BCUT2D eigenvalue weighted by Crippen LogP contribution is -2.10. The molecule has 0 saturated heterocycles. The van der Waals surface area contributed by atoms with Crippen molar-refractivity contribution in [3.8, 4) is 0 Å². The second-order valence-electron chi connectivity index (χ2n) is 4.42. The van der Waals surface area contributed by atoms with Crippen molar-refractivity contribution in [3.05, 3.63) is 11.1 Å². The molecule has 0 spiro atoms. The maximum Gasteiger partial charge on any atom is 0.145 e. The monoisotopic (exact) mass is 194 g/mol. The van der Waals surface area contributed by atoms with Gasteiger partial charge in [-0.1, -0.05) is 32.3 Å². The predicted molar refractivity (Wildman–Crippen MR) is 60.2 cm³/mol. The Labute approximate surface area is 87.6 Å². The maximum atomic E-state index is 10.9. The smallest absolute Gasteiger partial charge is 0.145 e. The average Bonchev–Trinajstić information content (AvgIpc) is 2.20. The minimum atomic E-state index is 0.654. The molecular formula is C13H22O. The van der Waals surface area contributed by atoms with E-state index in [2.05, 4.69) is 13.8 Å². The van der Waals surface area contributed by atoms with Gasteiger partial charge in [0, 0.05) is 0 Å². The zero-order valence-corrected chi connectivity index (χ0v) is 9.51. The zero-order chi connectivity index (χ0) is 10.4. The van der Waals surface area contributed by atoms with Gasteiger partial charge in [0.05, 0.1) is 0 Å². The van der Waals surface area contributed by atoms with Crippen molar-refractivity contribution in [1.29, 1.82) is 0 Å². The number of hydrogen-bond acceptors (Lipinski definition) is 1. The van der Waals surface area contributed by atoms with Crippen LogP contribution in [0.15, 0.2) is 11.1 Å². The summed E-state index contributed by atoms with van der Waals surface area (Å²) in [6.45, 7) is 4.49. The third kappa shape index (κ3) is 2.97. The Bertz CT molecular complexity index is 215. The number of rotatable bonds is 5. The highest BCUT2D eigenvalue weighted by Gasteiger charge is 2.18.